The summed E-state index contributed by atoms with van der Waals surface area (Å²) in [6, 6.07) is 4.50. The van der Waals surface area contributed by atoms with Gasteiger partial charge in [-0.25, -0.2) is 0 Å². The third-order valence-electron chi connectivity index (χ3n) is 2.53. The molecule has 1 N–H and O–H groups in total. The first-order valence-corrected chi connectivity index (χ1v) is 6.71. The van der Waals surface area contributed by atoms with E-state index < -0.39 is 0 Å². The van der Waals surface area contributed by atoms with Crippen LogP contribution >= 0.6 is 27.3 Å². The minimum atomic E-state index is 0.215. The van der Waals surface area contributed by atoms with Crippen molar-refractivity contribution >= 4 is 27.3 Å². The van der Waals surface area contributed by atoms with E-state index in [1.54, 1.807) is 11.3 Å². The molecule has 2 rings (SSSR count). The molecule has 0 aliphatic carbocycles. The Kier molecular flexibility index (Phi) is 3.52. The van der Waals surface area contributed by atoms with Crippen molar-refractivity contribution in [2.24, 2.45) is 0 Å². The topological polar surface area (TPSA) is 25.2 Å². The zero-order valence-corrected chi connectivity index (χ0v) is 11.9. The van der Waals surface area contributed by atoms with Crippen molar-refractivity contribution in [3.05, 3.63) is 43.9 Å². The van der Waals surface area contributed by atoms with Gasteiger partial charge in [0.25, 0.3) is 0 Å². The first-order valence-electron chi connectivity index (χ1n) is 5.10. The van der Waals surface area contributed by atoms with E-state index in [-0.39, 0.29) is 6.04 Å². The van der Waals surface area contributed by atoms with Crippen LogP contribution in [0.2, 0.25) is 0 Å². The van der Waals surface area contributed by atoms with Crippen molar-refractivity contribution < 1.29 is 4.42 Å². The number of aryl methyl sites for hydroxylation is 2. The molecule has 0 saturated heterocycles. The first-order chi connectivity index (χ1) is 7.61. The zero-order chi connectivity index (χ0) is 11.7. The molecule has 16 heavy (non-hydrogen) atoms. The van der Waals surface area contributed by atoms with Crippen molar-refractivity contribution in [2.45, 2.75) is 19.9 Å². The van der Waals surface area contributed by atoms with E-state index in [4.69, 9.17) is 4.42 Å². The van der Waals surface area contributed by atoms with Gasteiger partial charge in [0.1, 0.15) is 5.76 Å². The average molecular weight is 300 g/mol. The number of furan rings is 1. The lowest BCUT2D eigenvalue weighted by Crippen LogP contribution is -2.15. The van der Waals surface area contributed by atoms with E-state index in [0.717, 1.165) is 5.76 Å². The summed E-state index contributed by atoms with van der Waals surface area (Å²) in [7, 11) is 1.97. The highest BCUT2D eigenvalue weighted by molar-refractivity contribution is 9.11. The van der Waals surface area contributed by atoms with Crippen molar-refractivity contribution in [1.82, 2.24) is 5.32 Å². The van der Waals surface area contributed by atoms with Crippen molar-refractivity contribution in [3.8, 4) is 0 Å². The van der Waals surface area contributed by atoms with Crippen molar-refractivity contribution in [1.29, 1.82) is 0 Å². The summed E-state index contributed by atoms with van der Waals surface area (Å²) >= 11 is 5.32. The molecule has 0 aromatic carbocycles. The number of nitrogens with one attached hydrogen (secondary N) is 1. The number of hydrogen-bond donors (Lipinski definition) is 1. The summed E-state index contributed by atoms with van der Waals surface area (Å²) < 4.78 is 6.56. The minimum Gasteiger partial charge on any atom is -0.469 e. The van der Waals surface area contributed by atoms with E-state index >= 15 is 0 Å². The molecule has 1 atom stereocenters. The molecule has 2 nitrogen and oxygen atoms in total. The van der Waals surface area contributed by atoms with E-state index in [1.165, 1.54) is 19.8 Å². The largest absolute Gasteiger partial charge is 0.469 e. The summed E-state index contributed by atoms with van der Waals surface area (Å²) in [6.07, 6.45) is 1.82. The molecule has 0 radical (unpaired) electrons. The molecule has 0 saturated carbocycles. The fourth-order valence-electron chi connectivity index (χ4n) is 1.71. The molecule has 0 aliphatic heterocycles. The molecule has 0 bridgehead atoms. The lowest BCUT2D eigenvalue weighted by Gasteiger charge is -2.11. The molecule has 0 aliphatic rings. The second-order valence-corrected chi connectivity index (χ2v) is 6.22. The third kappa shape index (κ3) is 2.24. The number of hydrogen-bond acceptors (Lipinski definition) is 3. The summed E-state index contributed by atoms with van der Waals surface area (Å²) in [4.78, 5) is 1.30. The maximum Gasteiger partial charge on any atom is 0.101 e. The Hall–Kier alpha value is -0.580. The van der Waals surface area contributed by atoms with Crippen LogP contribution in [0.4, 0.5) is 0 Å². The molecular formula is C12H14BrNOS. The predicted molar refractivity (Wildman–Crippen MR) is 71.1 cm³/mol. The average Bonchev–Trinajstić information content (AvgIpc) is 2.77. The van der Waals surface area contributed by atoms with Gasteiger partial charge >= 0.3 is 0 Å². The quantitative estimate of drug-likeness (QED) is 0.926. The summed E-state index contributed by atoms with van der Waals surface area (Å²) in [5.41, 5.74) is 2.45. The van der Waals surface area contributed by atoms with Crippen LogP contribution in [0.1, 0.15) is 27.8 Å². The molecule has 4 heteroatoms. The van der Waals surface area contributed by atoms with Gasteiger partial charge in [0.15, 0.2) is 0 Å². The lowest BCUT2D eigenvalue weighted by molar-refractivity contribution is 0.528. The molecule has 0 spiro atoms. The van der Waals surface area contributed by atoms with Gasteiger partial charge in [0, 0.05) is 10.4 Å². The van der Waals surface area contributed by atoms with Crippen molar-refractivity contribution in [2.75, 3.05) is 7.05 Å². The van der Waals surface area contributed by atoms with E-state index in [0.29, 0.717) is 0 Å². The highest BCUT2D eigenvalue weighted by Crippen LogP contribution is 2.34. The second kappa shape index (κ2) is 4.73. The highest BCUT2D eigenvalue weighted by atomic mass is 79.9. The van der Waals surface area contributed by atoms with Gasteiger partial charge in [-0.05, 0) is 54.5 Å². The Morgan fingerprint density at radius 3 is 2.56 bits per heavy atom. The van der Waals surface area contributed by atoms with Crippen LogP contribution in [0.15, 0.2) is 26.6 Å². The smallest absolute Gasteiger partial charge is 0.101 e. The Labute approximate surface area is 108 Å². The predicted octanol–water partition coefficient (Wildman–Crippen LogP) is 4.03. The van der Waals surface area contributed by atoms with Gasteiger partial charge in [0.2, 0.25) is 0 Å². The van der Waals surface area contributed by atoms with E-state index in [2.05, 4.69) is 40.3 Å². The number of thiophene rings is 1. The maximum atomic E-state index is 5.36. The van der Waals surface area contributed by atoms with Gasteiger partial charge < -0.3 is 9.73 Å². The Bertz CT molecular complexity index is 469. The Balaban J connectivity index is 2.36. The first kappa shape index (κ1) is 11.9. The molecule has 0 amide bonds. The van der Waals surface area contributed by atoms with Crippen LogP contribution in [0.5, 0.6) is 0 Å². The van der Waals surface area contributed by atoms with Crippen LogP contribution in [0.25, 0.3) is 0 Å². The molecule has 0 fully saturated rings. The monoisotopic (exact) mass is 299 g/mol. The summed E-state index contributed by atoms with van der Waals surface area (Å²) in [5, 5.41) is 3.32. The van der Waals surface area contributed by atoms with Gasteiger partial charge in [-0.2, -0.15) is 0 Å². The summed E-state index contributed by atoms with van der Waals surface area (Å²) in [5.74, 6) is 0.947. The fourth-order valence-corrected chi connectivity index (χ4v) is 3.42. The van der Waals surface area contributed by atoms with Gasteiger partial charge in [0.05, 0.1) is 16.1 Å². The molecule has 2 aromatic rings. The van der Waals surface area contributed by atoms with Crippen LogP contribution in [0.3, 0.4) is 0 Å². The molecule has 2 heterocycles. The van der Waals surface area contributed by atoms with Gasteiger partial charge in [-0.3, -0.25) is 0 Å². The Morgan fingerprint density at radius 1 is 1.38 bits per heavy atom. The standard InChI is InChI=1S/C12H14BrNOS/c1-7-4-10(16-12(7)13)11(14-3)9-5-8(2)15-6-9/h4-6,11,14H,1-3H3. The second-order valence-electron chi connectivity index (χ2n) is 3.82. The highest BCUT2D eigenvalue weighted by Gasteiger charge is 2.17. The molecule has 86 valence electrons. The van der Waals surface area contributed by atoms with Crippen LogP contribution in [-0.4, -0.2) is 7.05 Å². The van der Waals surface area contributed by atoms with Crippen LogP contribution < -0.4 is 5.32 Å². The van der Waals surface area contributed by atoms with Gasteiger partial charge in [-0.1, -0.05) is 0 Å². The van der Waals surface area contributed by atoms with E-state index in [9.17, 15) is 0 Å². The number of halogens is 1. The lowest BCUT2D eigenvalue weighted by atomic mass is 10.1. The fraction of sp³-hybridized carbons (Fsp3) is 0.333. The minimum absolute atomic E-state index is 0.215. The van der Waals surface area contributed by atoms with Gasteiger partial charge in [-0.15, -0.1) is 11.3 Å². The van der Waals surface area contributed by atoms with Crippen molar-refractivity contribution in [3.63, 3.8) is 0 Å². The SMILES string of the molecule is CNC(c1coc(C)c1)c1cc(C)c(Br)s1. The maximum absolute atomic E-state index is 5.36. The zero-order valence-electron chi connectivity index (χ0n) is 9.50. The molecule has 1 unspecified atom stereocenters. The van der Waals surface area contributed by atoms with Crippen LogP contribution in [0, 0.1) is 13.8 Å². The molecular weight excluding hydrogens is 286 g/mol. The van der Waals surface area contributed by atoms with E-state index in [1.807, 2.05) is 20.2 Å². The molecule has 2 aromatic heterocycles. The third-order valence-corrected chi connectivity index (χ3v) is 4.74. The normalized spacial score (nSPS) is 13.0. The summed E-state index contributed by atoms with van der Waals surface area (Å²) in [6.45, 7) is 4.07. The Morgan fingerprint density at radius 2 is 2.12 bits per heavy atom. The number of rotatable bonds is 3. The van der Waals surface area contributed by atoms with Crippen LogP contribution in [-0.2, 0) is 0 Å².